The predicted molar refractivity (Wildman–Crippen MR) is 86.0 cm³/mol. The van der Waals surface area contributed by atoms with Crippen LogP contribution in [0.2, 0.25) is 0 Å². The van der Waals surface area contributed by atoms with Gasteiger partial charge in [0, 0.05) is 51.0 Å². The standard InChI is InChI=1S/C16H21FN6O/c17-14-7-19-16(20-8-14)23-11-13(9-21-3-5-24-6-4-21)10-22-2-1-18-15(22)12-23/h1-2,7-8,13H,3-6,9-12H2. The third kappa shape index (κ3) is 3.39. The van der Waals surface area contributed by atoms with E-state index in [1.807, 2.05) is 12.4 Å². The smallest absolute Gasteiger partial charge is 0.225 e. The molecule has 8 heteroatoms. The minimum absolute atomic E-state index is 0.417. The zero-order valence-electron chi connectivity index (χ0n) is 13.5. The van der Waals surface area contributed by atoms with Crippen LogP contribution in [0, 0.1) is 11.7 Å². The van der Waals surface area contributed by atoms with E-state index in [-0.39, 0.29) is 0 Å². The Hall–Kier alpha value is -2.06. The fourth-order valence-electron chi connectivity index (χ4n) is 3.43. The molecule has 0 aromatic carbocycles. The second-order valence-corrected chi connectivity index (χ2v) is 6.36. The molecule has 24 heavy (non-hydrogen) atoms. The Morgan fingerprint density at radius 2 is 1.92 bits per heavy atom. The zero-order valence-corrected chi connectivity index (χ0v) is 13.5. The summed E-state index contributed by atoms with van der Waals surface area (Å²) in [5.74, 6) is 1.55. The lowest BCUT2D eigenvalue weighted by Crippen LogP contribution is -2.42. The summed E-state index contributed by atoms with van der Waals surface area (Å²) >= 11 is 0. The Balaban J connectivity index is 1.54. The molecular formula is C16H21FN6O. The fourth-order valence-corrected chi connectivity index (χ4v) is 3.43. The molecule has 4 heterocycles. The molecule has 0 aliphatic carbocycles. The lowest BCUT2D eigenvalue weighted by Gasteiger charge is -2.31. The van der Waals surface area contributed by atoms with Crippen molar-refractivity contribution in [2.24, 2.45) is 5.92 Å². The highest BCUT2D eigenvalue weighted by molar-refractivity contribution is 5.30. The molecule has 0 saturated carbocycles. The van der Waals surface area contributed by atoms with Crippen molar-refractivity contribution in [2.45, 2.75) is 13.1 Å². The van der Waals surface area contributed by atoms with Crippen LogP contribution in [0.3, 0.4) is 0 Å². The van der Waals surface area contributed by atoms with Gasteiger partial charge < -0.3 is 14.2 Å². The van der Waals surface area contributed by atoms with Gasteiger partial charge >= 0.3 is 0 Å². The highest BCUT2D eigenvalue weighted by Gasteiger charge is 2.26. The third-order valence-corrected chi connectivity index (χ3v) is 4.58. The molecule has 1 atom stereocenters. The zero-order chi connectivity index (χ0) is 16.4. The molecule has 2 aromatic rings. The lowest BCUT2D eigenvalue weighted by atomic mass is 10.1. The van der Waals surface area contributed by atoms with Gasteiger partial charge in [-0.2, -0.15) is 0 Å². The quantitative estimate of drug-likeness (QED) is 0.828. The van der Waals surface area contributed by atoms with Crippen LogP contribution in [-0.4, -0.2) is 63.8 Å². The summed E-state index contributed by atoms with van der Waals surface area (Å²) < 4.78 is 20.8. The summed E-state index contributed by atoms with van der Waals surface area (Å²) in [7, 11) is 0. The largest absolute Gasteiger partial charge is 0.379 e. The number of hydrogen-bond donors (Lipinski definition) is 0. The molecule has 1 saturated heterocycles. The van der Waals surface area contributed by atoms with Crippen LogP contribution >= 0.6 is 0 Å². The Morgan fingerprint density at radius 3 is 2.71 bits per heavy atom. The summed E-state index contributed by atoms with van der Waals surface area (Å²) in [4.78, 5) is 17.3. The summed E-state index contributed by atoms with van der Waals surface area (Å²) in [5.41, 5.74) is 0. The molecule has 1 unspecified atom stereocenters. The first kappa shape index (κ1) is 15.5. The van der Waals surface area contributed by atoms with E-state index in [0.29, 0.717) is 18.4 Å². The average Bonchev–Trinajstić information content (AvgIpc) is 2.95. The molecular weight excluding hydrogens is 311 g/mol. The fraction of sp³-hybridized carbons (Fsp3) is 0.562. The minimum Gasteiger partial charge on any atom is -0.379 e. The van der Waals surface area contributed by atoms with Crippen LogP contribution in [-0.2, 0) is 17.8 Å². The number of anilines is 1. The van der Waals surface area contributed by atoms with E-state index < -0.39 is 5.82 Å². The number of halogens is 1. The van der Waals surface area contributed by atoms with Gasteiger partial charge in [0.2, 0.25) is 5.95 Å². The van der Waals surface area contributed by atoms with Crippen molar-refractivity contribution in [2.75, 3.05) is 44.3 Å². The maximum Gasteiger partial charge on any atom is 0.225 e. The topological polar surface area (TPSA) is 59.3 Å². The monoisotopic (exact) mass is 332 g/mol. The first-order valence-electron chi connectivity index (χ1n) is 8.30. The first-order valence-corrected chi connectivity index (χ1v) is 8.30. The van der Waals surface area contributed by atoms with Gasteiger partial charge in [0.25, 0.3) is 0 Å². The molecule has 4 rings (SSSR count). The van der Waals surface area contributed by atoms with Gasteiger partial charge in [-0.05, 0) is 0 Å². The Bertz CT molecular complexity index is 669. The molecule has 0 N–H and O–H groups in total. The SMILES string of the molecule is Fc1cnc(N2Cc3nccn3CC(CN3CCOCC3)C2)nc1. The molecule has 0 spiro atoms. The highest BCUT2D eigenvalue weighted by Crippen LogP contribution is 2.20. The van der Waals surface area contributed by atoms with E-state index in [1.165, 1.54) is 12.4 Å². The van der Waals surface area contributed by atoms with Crippen molar-refractivity contribution in [1.82, 2.24) is 24.4 Å². The van der Waals surface area contributed by atoms with Gasteiger partial charge in [-0.15, -0.1) is 0 Å². The lowest BCUT2D eigenvalue weighted by molar-refractivity contribution is 0.0301. The molecule has 2 aromatic heterocycles. The summed E-state index contributed by atoms with van der Waals surface area (Å²) in [6.07, 6.45) is 6.29. The molecule has 2 aliphatic rings. The second-order valence-electron chi connectivity index (χ2n) is 6.36. The van der Waals surface area contributed by atoms with Crippen LogP contribution < -0.4 is 4.90 Å². The molecule has 7 nitrogen and oxygen atoms in total. The van der Waals surface area contributed by atoms with Crippen molar-refractivity contribution in [3.8, 4) is 0 Å². The number of aromatic nitrogens is 4. The van der Waals surface area contributed by atoms with Crippen LogP contribution in [0.5, 0.6) is 0 Å². The van der Waals surface area contributed by atoms with E-state index in [9.17, 15) is 4.39 Å². The third-order valence-electron chi connectivity index (χ3n) is 4.58. The molecule has 0 radical (unpaired) electrons. The number of nitrogens with zero attached hydrogens (tertiary/aromatic N) is 6. The second kappa shape index (κ2) is 6.82. The highest BCUT2D eigenvalue weighted by atomic mass is 19.1. The van der Waals surface area contributed by atoms with Crippen molar-refractivity contribution in [3.63, 3.8) is 0 Å². The van der Waals surface area contributed by atoms with Crippen LogP contribution in [0.4, 0.5) is 10.3 Å². The van der Waals surface area contributed by atoms with Gasteiger partial charge in [0.15, 0.2) is 5.82 Å². The minimum atomic E-state index is -0.417. The van der Waals surface area contributed by atoms with Crippen molar-refractivity contribution in [1.29, 1.82) is 0 Å². The van der Waals surface area contributed by atoms with Gasteiger partial charge in [0.05, 0.1) is 32.2 Å². The van der Waals surface area contributed by atoms with Gasteiger partial charge in [-0.1, -0.05) is 0 Å². The summed E-state index contributed by atoms with van der Waals surface area (Å²) in [5, 5.41) is 0. The molecule has 1 fully saturated rings. The first-order chi connectivity index (χ1) is 11.8. The van der Waals surface area contributed by atoms with Crippen LogP contribution in [0.1, 0.15) is 5.82 Å². The van der Waals surface area contributed by atoms with E-state index in [0.717, 1.165) is 51.8 Å². The van der Waals surface area contributed by atoms with Crippen molar-refractivity contribution >= 4 is 5.95 Å². The van der Waals surface area contributed by atoms with E-state index in [1.54, 1.807) is 0 Å². The number of fused-ring (bicyclic) bond motifs is 1. The van der Waals surface area contributed by atoms with Gasteiger partial charge in [-0.25, -0.2) is 19.3 Å². The average molecular weight is 332 g/mol. The number of hydrogen-bond acceptors (Lipinski definition) is 6. The Kier molecular flexibility index (Phi) is 4.40. The molecule has 128 valence electrons. The van der Waals surface area contributed by atoms with Gasteiger partial charge in [-0.3, -0.25) is 4.90 Å². The van der Waals surface area contributed by atoms with E-state index in [4.69, 9.17) is 4.74 Å². The molecule has 0 bridgehead atoms. The number of rotatable bonds is 3. The predicted octanol–water partition coefficient (Wildman–Crippen LogP) is 0.781. The number of morpholine rings is 1. The van der Waals surface area contributed by atoms with E-state index in [2.05, 4.69) is 29.3 Å². The molecule has 0 amide bonds. The van der Waals surface area contributed by atoms with E-state index >= 15 is 0 Å². The summed E-state index contributed by atoms with van der Waals surface area (Å²) in [6.45, 7) is 6.93. The van der Waals surface area contributed by atoms with Crippen molar-refractivity contribution in [3.05, 3.63) is 36.4 Å². The number of ether oxygens (including phenoxy) is 1. The number of imidazole rings is 1. The maximum absolute atomic E-state index is 13.1. The Labute approximate surface area is 140 Å². The van der Waals surface area contributed by atoms with Gasteiger partial charge in [0.1, 0.15) is 5.82 Å². The Morgan fingerprint density at radius 1 is 1.12 bits per heavy atom. The van der Waals surface area contributed by atoms with Crippen LogP contribution in [0.15, 0.2) is 24.8 Å². The van der Waals surface area contributed by atoms with Crippen LogP contribution in [0.25, 0.3) is 0 Å². The molecule has 2 aliphatic heterocycles. The van der Waals surface area contributed by atoms with Crippen molar-refractivity contribution < 1.29 is 9.13 Å². The summed E-state index contributed by atoms with van der Waals surface area (Å²) in [6, 6.07) is 0. The normalized spacial score (nSPS) is 22.2. The maximum atomic E-state index is 13.1.